The van der Waals surface area contributed by atoms with Crippen molar-refractivity contribution in [3.05, 3.63) is 29.3 Å². The average Bonchev–Trinajstić information content (AvgIpc) is 3.14. The van der Waals surface area contributed by atoms with Gasteiger partial charge in [0.05, 0.1) is 0 Å². The summed E-state index contributed by atoms with van der Waals surface area (Å²) in [7, 11) is 0. The Hall–Kier alpha value is -1.02. The molecule has 20 heavy (non-hydrogen) atoms. The Morgan fingerprint density at radius 2 is 2.20 bits per heavy atom. The highest BCUT2D eigenvalue weighted by Crippen LogP contribution is 2.49. The van der Waals surface area contributed by atoms with Crippen LogP contribution >= 0.6 is 0 Å². The zero-order chi connectivity index (χ0) is 13.7. The highest BCUT2D eigenvalue weighted by atomic mass is 15.1. The van der Waals surface area contributed by atoms with Gasteiger partial charge < -0.3 is 10.6 Å². The third kappa shape index (κ3) is 2.05. The molecule has 1 aromatic carbocycles. The van der Waals surface area contributed by atoms with Crippen LogP contribution < -0.4 is 10.6 Å². The van der Waals surface area contributed by atoms with E-state index in [1.54, 1.807) is 0 Å². The second-order valence-electron chi connectivity index (χ2n) is 7.31. The summed E-state index contributed by atoms with van der Waals surface area (Å²) < 4.78 is 0. The lowest BCUT2D eigenvalue weighted by Gasteiger charge is -2.29. The Balaban J connectivity index is 1.50. The first kappa shape index (κ1) is 12.7. The molecule has 2 heteroatoms. The van der Waals surface area contributed by atoms with E-state index in [2.05, 4.69) is 30.0 Å². The fourth-order valence-corrected chi connectivity index (χ4v) is 4.85. The summed E-state index contributed by atoms with van der Waals surface area (Å²) in [6.07, 6.45) is 7.23. The zero-order valence-electron chi connectivity index (χ0n) is 12.5. The highest BCUT2D eigenvalue weighted by Gasteiger charge is 2.40. The van der Waals surface area contributed by atoms with Crippen molar-refractivity contribution in [3.8, 4) is 0 Å². The van der Waals surface area contributed by atoms with Crippen LogP contribution in [0.15, 0.2) is 18.2 Å². The van der Waals surface area contributed by atoms with Crippen LogP contribution in [0.25, 0.3) is 0 Å². The Bertz CT molecular complexity index is 508. The summed E-state index contributed by atoms with van der Waals surface area (Å²) in [5.41, 5.74) is 10.3. The van der Waals surface area contributed by atoms with Crippen molar-refractivity contribution >= 4 is 5.69 Å². The molecule has 0 amide bonds. The molecule has 0 radical (unpaired) electrons. The molecule has 1 aromatic rings. The lowest BCUT2D eigenvalue weighted by atomic mass is 9.88. The number of nitrogens with zero attached hydrogens (tertiary/aromatic N) is 1. The van der Waals surface area contributed by atoms with Gasteiger partial charge in [-0.2, -0.15) is 0 Å². The van der Waals surface area contributed by atoms with Crippen LogP contribution in [0.1, 0.15) is 49.8 Å². The lowest BCUT2D eigenvalue weighted by Crippen LogP contribution is -2.30. The second kappa shape index (κ2) is 4.77. The van der Waals surface area contributed by atoms with Crippen molar-refractivity contribution in [2.45, 2.75) is 45.1 Å². The Morgan fingerprint density at radius 1 is 1.30 bits per heavy atom. The van der Waals surface area contributed by atoms with E-state index >= 15 is 0 Å². The minimum atomic E-state index is 0.153. The Labute approximate surface area is 122 Å². The van der Waals surface area contributed by atoms with Gasteiger partial charge in [0.1, 0.15) is 0 Å². The molecule has 3 aliphatic rings. The summed E-state index contributed by atoms with van der Waals surface area (Å²) >= 11 is 0. The maximum absolute atomic E-state index is 6.00. The number of fused-ring (bicyclic) bond motifs is 3. The van der Waals surface area contributed by atoms with E-state index in [4.69, 9.17) is 5.73 Å². The summed E-state index contributed by atoms with van der Waals surface area (Å²) in [6.45, 7) is 4.58. The van der Waals surface area contributed by atoms with Crippen LogP contribution in [0.3, 0.4) is 0 Å². The molecule has 2 N–H and O–H groups in total. The number of rotatable bonds is 3. The first-order valence-electron chi connectivity index (χ1n) is 8.34. The molecule has 1 heterocycles. The highest BCUT2D eigenvalue weighted by molar-refractivity contribution is 5.59. The van der Waals surface area contributed by atoms with E-state index < -0.39 is 0 Å². The maximum Gasteiger partial charge on any atom is 0.0399 e. The monoisotopic (exact) mass is 270 g/mol. The molecular weight excluding hydrogens is 244 g/mol. The number of anilines is 1. The first-order chi connectivity index (χ1) is 9.70. The molecule has 2 nitrogen and oxygen atoms in total. The molecule has 2 fully saturated rings. The second-order valence-corrected chi connectivity index (χ2v) is 7.31. The van der Waals surface area contributed by atoms with Gasteiger partial charge in [-0.3, -0.25) is 0 Å². The molecule has 4 unspecified atom stereocenters. The third-order valence-electron chi connectivity index (χ3n) is 5.96. The van der Waals surface area contributed by atoms with Crippen molar-refractivity contribution in [3.63, 3.8) is 0 Å². The first-order valence-corrected chi connectivity index (χ1v) is 8.34. The quantitative estimate of drug-likeness (QED) is 0.910. The minimum Gasteiger partial charge on any atom is -0.371 e. The van der Waals surface area contributed by atoms with Crippen LogP contribution in [0, 0.1) is 17.8 Å². The van der Waals surface area contributed by atoms with Gasteiger partial charge in [-0.15, -0.1) is 0 Å². The van der Waals surface area contributed by atoms with Crippen LogP contribution in [-0.2, 0) is 6.42 Å². The van der Waals surface area contributed by atoms with Gasteiger partial charge in [0, 0.05) is 24.8 Å². The van der Waals surface area contributed by atoms with Crippen molar-refractivity contribution in [1.82, 2.24) is 0 Å². The fourth-order valence-electron chi connectivity index (χ4n) is 4.85. The molecule has 1 aliphatic heterocycles. The third-order valence-corrected chi connectivity index (χ3v) is 5.96. The average molecular weight is 270 g/mol. The van der Waals surface area contributed by atoms with Crippen LogP contribution in [0.5, 0.6) is 0 Å². The SMILES string of the molecule is CC(N)c1ccc2c(c1)CCN2CC1CC2CCC1C2. The van der Waals surface area contributed by atoms with Gasteiger partial charge in [0.2, 0.25) is 0 Å². The zero-order valence-corrected chi connectivity index (χ0v) is 12.5. The molecule has 2 aliphatic carbocycles. The largest absolute Gasteiger partial charge is 0.371 e. The van der Waals surface area contributed by atoms with E-state index in [1.165, 1.54) is 62.0 Å². The number of benzene rings is 1. The molecule has 2 bridgehead atoms. The number of hydrogen-bond donors (Lipinski definition) is 1. The fraction of sp³-hybridized carbons (Fsp3) is 0.667. The van der Waals surface area contributed by atoms with Crippen molar-refractivity contribution in [2.75, 3.05) is 18.0 Å². The lowest BCUT2D eigenvalue weighted by molar-refractivity contribution is 0.335. The Kier molecular flexibility index (Phi) is 3.03. The predicted molar refractivity (Wildman–Crippen MR) is 83.9 cm³/mol. The van der Waals surface area contributed by atoms with Crippen LogP contribution in [0.4, 0.5) is 5.69 Å². The van der Waals surface area contributed by atoms with E-state index in [-0.39, 0.29) is 6.04 Å². The summed E-state index contributed by atoms with van der Waals surface area (Å²) in [5, 5.41) is 0. The van der Waals surface area contributed by atoms with Crippen molar-refractivity contribution in [1.29, 1.82) is 0 Å². The predicted octanol–water partition coefficient (Wildman–Crippen LogP) is 3.51. The molecule has 2 saturated carbocycles. The minimum absolute atomic E-state index is 0.153. The molecule has 4 rings (SSSR count). The molecular formula is C18H26N2. The number of hydrogen-bond acceptors (Lipinski definition) is 2. The van der Waals surface area contributed by atoms with Crippen LogP contribution in [0.2, 0.25) is 0 Å². The summed E-state index contributed by atoms with van der Waals surface area (Å²) in [6, 6.07) is 7.03. The van der Waals surface area contributed by atoms with Crippen molar-refractivity contribution < 1.29 is 0 Å². The molecule has 0 saturated heterocycles. The standard InChI is InChI=1S/C18H26N2/c1-12(19)14-4-5-18-16(10-14)6-7-20(18)11-17-9-13-2-3-15(17)8-13/h4-5,10,12-13,15,17H,2-3,6-9,11,19H2,1H3. The van der Waals surface area contributed by atoms with E-state index in [0.29, 0.717) is 0 Å². The van der Waals surface area contributed by atoms with Gasteiger partial charge in [0.15, 0.2) is 0 Å². The van der Waals surface area contributed by atoms with Crippen LogP contribution in [-0.4, -0.2) is 13.1 Å². The van der Waals surface area contributed by atoms with E-state index in [0.717, 1.165) is 17.8 Å². The normalized spacial score (nSPS) is 32.7. The van der Waals surface area contributed by atoms with E-state index in [1.807, 2.05) is 0 Å². The summed E-state index contributed by atoms with van der Waals surface area (Å²) in [5.74, 6) is 3.06. The molecule has 0 aromatic heterocycles. The molecule has 0 spiro atoms. The van der Waals surface area contributed by atoms with E-state index in [9.17, 15) is 0 Å². The molecule has 4 atom stereocenters. The van der Waals surface area contributed by atoms with Gasteiger partial charge in [-0.05, 0) is 67.6 Å². The number of nitrogens with two attached hydrogens (primary N) is 1. The van der Waals surface area contributed by atoms with Gasteiger partial charge in [-0.1, -0.05) is 18.6 Å². The smallest absolute Gasteiger partial charge is 0.0399 e. The van der Waals surface area contributed by atoms with Gasteiger partial charge in [-0.25, -0.2) is 0 Å². The topological polar surface area (TPSA) is 29.3 Å². The maximum atomic E-state index is 6.00. The summed E-state index contributed by atoms with van der Waals surface area (Å²) in [4.78, 5) is 2.64. The van der Waals surface area contributed by atoms with Gasteiger partial charge >= 0.3 is 0 Å². The molecule has 108 valence electrons. The van der Waals surface area contributed by atoms with Gasteiger partial charge in [0.25, 0.3) is 0 Å². The van der Waals surface area contributed by atoms with Crippen molar-refractivity contribution in [2.24, 2.45) is 23.5 Å². The Morgan fingerprint density at radius 3 is 2.90 bits per heavy atom.